The van der Waals surface area contributed by atoms with Crippen molar-refractivity contribution in [1.82, 2.24) is 9.88 Å². The third-order valence-corrected chi connectivity index (χ3v) is 6.91. The lowest BCUT2D eigenvalue weighted by Gasteiger charge is -2.30. The standard InChI is InChI=1S/C29H34N4O4/c1-4-33(5-2)24-9-8-19-12-21(7-6-20(19)13-24)27-11-10-23(32(27)3)14-22(17-30)29(36)31-18-26-15-25(34)16-28(35)37-26/h6-14,25-26,28,34-35H,4-5,15-16,18H2,1-3H3,(H,31,36)/b22-14+/t25-,26?,28?/m0/s1. The fraction of sp³-hybridized carbons (Fsp3) is 0.379. The zero-order valence-electron chi connectivity index (χ0n) is 21.5. The number of rotatable bonds is 8. The number of benzene rings is 2. The predicted octanol–water partition coefficient (Wildman–Crippen LogP) is 3.57. The minimum atomic E-state index is -1.06. The summed E-state index contributed by atoms with van der Waals surface area (Å²) < 4.78 is 7.29. The van der Waals surface area contributed by atoms with E-state index >= 15 is 0 Å². The van der Waals surface area contributed by atoms with Gasteiger partial charge in [-0.15, -0.1) is 0 Å². The normalized spacial score (nSPS) is 20.0. The molecule has 2 aromatic carbocycles. The molecule has 0 radical (unpaired) electrons. The van der Waals surface area contributed by atoms with Gasteiger partial charge < -0.3 is 29.7 Å². The molecule has 2 heterocycles. The molecule has 37 heavy (non-hydrogen) atoms. The zero-order valence-corrected chi connectivity index (χ0v) is 21.5. The van der Waals surface area contributed by atoms with E-state index in [1.807, 2.05) is 29.8 Å². The van der Waals surface area contributed by atoms with Crippen molar-refractivity contribution in [3.63, 3.8) is 0 Å². The number of hydrogen-bond donors (Lipinski definition) is 3. The molecule has 0 spiro atoms. The van der Waals surface area contributed by atoms with Gasteiger partial charge >= 0.3 is 0 Å². The lowest BCUT2D eigenvalue weighted by Crippen LogP contribution is -2.42. The minimum absolute atomic E-state index is 0.0351. The van der Waals surface area contributed by atoms with Crippen molar-refractivity contribution in [3.8, 4) is 17.3 Å². The van der Waals surface area contributed by atoms with Crippen molar-refractivity contribution in [2.24, 2.45) is 7.05 Å². The van der Waals surface area contributed by atoms with E-state index in [9.17, 15) is 20.3 Å². The van der Waals surface area contributed by atoms with Crippen LogP contribution >= 0.6 is 0 Å². The Kier molecular flexibility index (Phi) is 8.29. The smallest absolute Gasteiger partial charge is 0.262 e. The average molecular weight is 503 g/mol. The summed E-state index contributed by atoms with van der Waals surface area (Å²) in [6.07, 6.45) is -0.233. The Balaban J connectivity index is 1.50. The number of nitrogens with one attached hydrogen (secondary N) is 1. The van der Waals surface area contributed by atoms with Crippen LogP contribution in [-0.2, 0) is 16.6 Å². The Labute approximate surface area is 217 Å². The maximum Gasteiger partial charge on any atom is 0.262 e. The monoisotopic (exact) mass is 502 g/mol. The first-order valence-corrected chi connectivity index (χ1v) is 12.7. The number of amides is 1. The highest BCUT2D eigenvalue weighted by atomic mass is 16.6. The molecule has 1 aliphatic rings. The lowest BCUT2D eigenvalue weighted by molar-refractivity contribution is -0.187. The van der Waals surface area contributed by atoms with Crippen LogP contribution in [0.2, 0.25) is 0 Å². The van der Waals surface area contributed by atoms with Gasteiger partial charge in [0.2, 0.25) is 0 Å². The number of aromatic nitrogens is 1. The molecule has 1 aromatic heterocycles. The summed E-state index contributed by atoms with van der Waals surface area (Å²) in [5.74, 6) is -0.530. The summed E-state index contributed by atoms with van der Waals surface area (Å²) in [7, 11) is 1.90. The fourth-order valence-electron chi connectivity index (χ4n) is 4.84. The number of fused-ring (bicyclic) bond motifs is 1. The third-order valence-electron chi connectivity index (χ3n) is 6.91. The molecule has 1 saturated heterocycles. The highest BCUT2D eigenvalue weighted by Gasteiger charge is 2.27. The van der Waals surface area contributed by atoms with Crippen molar-refractivity contribution >= 4 is 28.4 Å². The molecule has 1 amide bonds. The van der Waals surface area contributed by atoms with E-state index in [-0.39, 0.29) is 18.5 Å². The molecule has 0 saturated carbocycles. The van der Waals surface area contributed by atoms with Gasteiger partial charge in [-0.25, -0.2) is 0 Å². The number of aliphatic hydroxyl groups is 2. The largest absolute Gasteiger partial charge is 0.393 e. The Morgan fingerprint density at radius 1 is 1.14 bits per heavy atom. The number of hydrogen-bond acceptors (Lipinski definition) is 6. The van der Waals surface area contributed by atoms with E-state index in [4.69, 9.17) is 4.74 Å². The van der Waals surface area contributed by atoms with Gasteiger partial charge in [-0.1, -0.05) is 18.2 Å². The van der Waals surface area contributed by atoms with Crippen molar-refractivity contribution in [2.45, 2.75) is 45.2 Å². The predicted molar refractivity (Wildman–Crippen MR) is 145 cm³/mol. The lowest BCUT2D eigenvalue weighted by atomic mass is 10.0. The molecule has 4 rings (SSSR count). The molecule has 3 atom stereocenters. The van der Waals surface area contributed by atoms with E-state index in [0.717, 1.165) is 35.4 Å². The summed E-state index contributed by atoms with van der Waals surface area (Å²) in [6.45, 7) is 6.33. The molecule has 194 valence electrons. The number of carbonyl (C=O) groups is 1. The van der Waals surface area contributed by atoms with Gasteiger partial charge in [0.25, 0.3) is 5.91 Å². The first-order valence-electron chi connectivity index (χ1n) is 12.7. The van der Waals surface area contributed by atoms with Gasteiger partial charge in [-0.05, 0) is 66.6 Å². The summed E-state index contributed by atoms with van der Waals surface area (Å²) in [5, 5.41) is 34.0. The van der Waals surface area contributed by atoms with Crippen LogP contribution in [0.25, 0.3) is 28.1 Å². The fourth-order valence-corrected chi connectivity index (χ4v) is 4.84. The summed E-state index contributed by atoms with van der Waals surface area (Å²) in [4.78, 5) is 15.0. The quantitative estimate of drug-likeness (QED) is 0.321. The second kappa shape index (κ2) is 11.6. The van der Waals surface area contributed by atoms with Gasteiger partial charge in [0.15, 0.2) is 6.29 Å². The SMILES string of the molecule is CCN(CC)c1ccc2cc(-c3ccc(/C=C(\C#N)C(=O)NCC4C[C@H](O)CC(O)O4)n3C)ccc2c1. The third kappa shape index (κ3) is 6.03. The highest BCUT2D eigenvalue weighted by Crippen LogP contribution is 2.29. The summed E-state index contributed by atoms with van der Waals surface area (Å²) >= 11 is 0. The molecule has 0 bridgehead atoms. The second-order valence-electron chi connectivity index (χ2n) is 9.34. The second-order valence-corrected chi connectivity index (χ2v) is 9.34. The molecule has 8 heteroatoms. The molecule has 8 nitrogen and oxygen atoms in total. The highest BCUT2D eigenvalue weighted by molar-refractivity contribution is 6.01. The van der Waals surface area contributed by atoms with Gasteiger partial charge in [0.05, 0.1) is 12.2 Å². The van der Waals surface area contributed by atoms with E-state index < -0.39 is 24.4 Å². The molecule has 3 aromatic rings. The van der Waals surface area contributed by atoms with Crippen molar-refractivity contribution in [2.75, 3.05) is 24.5 Å². The van der Waals surface area contributed by atoms with Crippen molar-refractivity contribution in [3.05, 3.63) is 59.8 Å². The molecule has 2 unspecified atom stereocenters. The molecule has 3 N–H and O–H groups in total. The van der Waals surface area contributed by atoms with Crippen LogP contribution in [0, 0.1) is 11.3 Å². The molecular formula is C29H34N4O4. The first-order chi connectivity index (χ1) is 17.8. The maximum atomic E-state index is 12.6. The topological polar surface area (TPSA) is 111 Å². The number of aliphatic hydroxyl groups excluding tert-OH is 2. The van der Waals surface area contributed by atoms with Crippen LogP contribution in [0.5, 0.6) is 0 Å². The van der Waals surface area contributed by atoms with Gasteiger partial charge in [0, 0.05) is 56.6 Å². The van der Waals surface area contributed by atoms with Crippen LogP contribution in [0.3, 0.4) is 0 Å². The van der Waals surface area contributed by atoms with Crippen molar-refractivity contribution in [1.29, 1.82) is 5.26 Å². The van der Waals surface area contributed by atoms with Gasteiger partial charge in [-0.2, -0.15) is 5.26 Å². The Morgan fingerprint density at radius 2 is 1.86 bits per heavy atom. The molecule has 1 fully saturated rings. The molecular weight excluding hydrogens is 468 g/mol. The van der Waals surface area contributed by atoms with Crippen LogP contribution in [-0.4, -0.2) is 58.8 Å². The van der Waals surface area contributed by atoms with Gasteiger partial charge in [-0.3, -0.25) is 4.79 Å². The average Bonchev–Trinajstić information content (AvgIpc) is 3.25. The van der Waals surface area contributed by atoms with E-state index in [1.165, 1.54) is 11.1 Å². The number of anilines is 1. The van der Waals surface area contributed by atoms with Crippen LogP contribution in [0.15, 0.2) is 54.1 Å². The van der Waals surface area contributed by atoms with Crippen LogP contribution in [0.4, 0.5) is 5.69 Å². The number of nitrogens with zero attached hydrogens (tertiary/aromatic N) is 3. The molecule has 1 aliphatic heterocycles. The Bertz CT molecular complexity index is 1330. The summed E-state index contributed by atoms with van der Waals surface area (Å²) in [5.41, 5.74) is 3.91. The van der Waals surface area contributed by atoms with E-state index in [2.05, 4.69) is 60.5 Å². The number of ether oxygens (including phenoxy) is 1. The Hall–Kier alpha value is -3.64. The van der Waals surface area contributed by atoms with E-state index in [1.54, 1.807) is 6.08 Å². The van der Waals surface area contributed by atoms with Crippen LogP contribution < -0.4 is 10.2 Å². The first kappa shape index (κ1) is 26.4. The zero-order chi connectivity index (χ0) is 26.5. The van der Waals surface area contributed by atoms with Gasteiger partial charge in [0.1, 0.15) is 11.6 Å². The van der Waals surface area contributed by atoms with E-state index in [0.29, 0.717) is 6.42 Å². The van der Waals surface area contributed by atoms with Crippen LogP contribution in [0.1, 0.15) is 32.4 Å². The Morgan fingerprint density at radius 3 is 2.57 bits per heavy atom. The number of carbonyl (C=O) groups excluding carboxylic acids is 1. The minimum Gasteiger partial charge on any atom is -0.393 e. The molecule has 0 aliphatic carbocycles. The number of nitriles is 1. The maximum absolute atomic E-state index is 12.6. The van der Waals surface area contributed by atoms with Crippen molar-refractivity contribution < 1.29 is 19.7 Å². The summed E-state index contributed by atoms with van der Waals surface area (Å²) in [6, 6.07) is 18.7.